The number of urea groups is 1. The Morgan fingerprint density at radius 3 is 2.48 bits per heavy atom. The first-order chi connectivity index (χ1) is 13.3. The quantitative estimate of drug-likeness (QED) is 0.542. The van der Waals surface area contributed by atoms with Gasteiger partial charge in [-0.2, -0.15) is 0 Å². The van der Waals surface area contributed by atoms with Crippen molar-refractivity contribution in [2.45, 2.75) is 27.7 Å². The Bertz CT molecular complexity index is 797. The predicted molar refractivity (Wildman–Crippen MR) is 118 cm³/mol. The van der Waals surface area contributed by atoms with Crippen molar-refractivity contribution in [1.82, 2.24) is 10.3 Å². The van der Waals surface area contributed by atoms with Gasteiger partial charge in [0.15, 0.2) is 0 Å². The van der Waals surface area contributed by atoms with E-state index in [-0.39, 0.29) is 8.88 Å². The third kappa shape index (κ3) is 7.36. The number of nitrogens with zero attached hydrogens (tertiary/aromatic N) is 1. The fourth-order valence-corrected chi connectivity index (χ4v) is 2.24. The minimum atomic E-state index is -0.248. The number of nitrogens with one attached hydrogen (secondary N) is 2. The van der Waals surface area contributed by atoms with Crippen molar-refractivity contribution in [3.63, 3.8) is 0 Å². The largest absolute Gasteiger partial charge is 0.491 e. The van der Waals surface area contributed by atoms with Crippen LogP contribution in [0, 0.1) is 0 Å². The van der Waals surface area contributed by atoms with E-state index >= 15 is 0 Å². The number of carbonyl (C=O) groups is 1. The Balaban J connectivity index is 0. The second kappa shape index (κ2) is 13.2. The van der Waals surface area contributed by atoms with Crippen molar-refractivity contribution >= 4 is 22.5 Å². The summed E-state index contributed by atoms with van der Waals surface area (Å²) in [5.41, 5.74) is 0.757. The standard InChI is InChI=1S/C18H17N3O2.2C2H6.2H2/c22-18(21-15-6-2-1-3-7-15)20-11-12-23-17-8-4-5-14-13-19-10-9-16(14)17;2*1-2;;/h1-10,13H,11-12H2,(H2,20,21,22);2*1-2H3;2*1H. The normalized spacial score (nSPS) is 9.19. The summed E-state index contributed by atoms with van der Waals surface area (Å²) in [7, 11) is 0. The second-order valence-electron chi connectivity index (χ2n) is 4.95. The van der Waals surface area contributed by atoms with Gasteiger partial charge in [-0.1, -0.05) is 58.0 Å². The topological polar surface area (TPSA) is 63.2 Å². The first kappa shape index (κ1) is 22.0. The highest BCUT2D eigenvalue weighted by atomic mass is 16.5. The van der Waals surface area contributed by atoms with Crippen molar-refractivity contribution in [3.05, 3.63) is 67.0 Å². The van der Waals surface area contributed by atoms with Crippen LogP contribution in [-0.2, 0) is 0 Å². The number of fused-ring (bicyclic) bond motifs is 1. The summed E-state index contributed by atoms with van der Waals surface area (Å²) in [6.45, 7) is 8.81. The van der Waals surface area contributed by atoms with Gasteiger partial charge in [0.25, 0.3) is 0 Å². The number of pyridine rings is 1. The molecular weight excluding hydrogens is 338 g/mol. The zero-order valence-electron chi connectivity index (χ0n) is 16.5. The van der Waals surface area contributed by atoms with Gasteiger partial charge in [0.2, 0.25) is 0 Å². The molecule has 1 heterocycles. The predicted octanol–water partition coefficient (Wildman–Crippen LogP) is 5.98. The van der Waals surface area contributed by atoms with E-state index < -0.39 is 0 Å². The summed E-state index contributed by atoms with van der Waals surface area (Å²) in [6.07, 6.45) is 3.54. The van der Waals surface area contributed by atoms with Gasteiger partial charge < -0.3 is 15.4 Å². The fourth-order valence-electron chi connectivity index (χ4n) is 2.24. The van der Waals surface area contributed by atoms with E-state index in [0.29, 0.717) is 13.2 Å². The second-order valence-corrected chi connectivity index (χ2v) is 4.95. The average molecular weight is 372 g/mol. The van der Waals surface area contributed by atoms with Crippen molar-refractivity contribution in [1.29, 1.82) is 0 Å². The molecule has 0 radical (unpaired) electrons. The molecule has 0 bridgehead atoms. The zero-order chi connectivity index (χ0) is 19.9. The summed E-state index contributed by atoms with van der Waals surface area (Å²) in [6, 6.07) is 16.8. The van der Waals surface area contributed by atoms with Crippen LogP contribution in [0.4, 0.5) is 10.5 Å². The maximum absolute atomic E-state index is 11.8. The number of aromatic nitrogens is 1. The number of carbonyl (C=O) groups excluding carboxylic acids is 1. The van der Waals surface area contributed by atoms with Gasteiger partial charge in [-0.15, -0.1) is 0 Å². The lowest BCUT2D eigenvalue weighted by Crippen LogP contribution is -2.32. The van der Waals surface area contributed by atoms with Gasteiger partial charge >= 0.3 is 6.03 Å². The van der Waals surface area contributed by atoms with Crippen LogP contribution in [0.25, 0.3) is 10.8 Å². The molecule has 0 saturated heterocycles. The number of hydrogen-bond acceptors (Lipinski definition) is 3. The van der Waals surface area contributed by atoms with E-state index in [9.17, 15) is 4.79 Å². The highest BCUT2D eigenvalue weighted by Gasteiger charge is 2.03. The lowest BCUT2D eigenvalue weighted by molar-refractivity contribution is 0.247. The maximum atomic E-state index is 11.8. The molecule has 0 unspecified atom stereocenters. The minimum Gasteiger partial charge on any atom is -0.491 e. The number of para-hydroxylation sites is 1. The molecule has 1 aromatic heterocycles. The third-order valence-corrected chi connectivity index (χ3v) is 3.32. The van der Waals surface area contributed by atoms with Gasteiger partial charge in [-0.3, -0.25) is 4.98 Å². The van der Waals surface area contributed by atoms with Gasteiger partial charge in [0, 0.05) is 31.7 Å². The van der Waals surface area contributed by atoms with E-state index in [1.54, 1.807) is 12.4 Å². The molecular formula is C22H33N3O2. The van der Waals surface area contributed by atoms with E-state index in [2.05, 4.69) is 15.6 Å². The van der Waals surface area contributed by atoms with Crippen LogP contribution in [0.15, 0.2) is 67.0 Å². The van der Waals surface area contributed by atoms with E-state index in [1.807, 2.05) is 82.3 Å². The van der Waals surface area contributed by atoms with Crippen molar-refractivity contribution in [3.8, 4) is 5.75 Å². The molecule has 0 aliphatic heterocycles. The van der Waals surface area contributed by atoms with Crippen LogP contribution < -0.4 is 15.4 Å². The van der Waals surface area contributed by atoms with Gasteiger partial charge in [-0.05, 0) is 24.3 Å². The summed E-state index contributed by atoms with van der Waals surface area (Å²) >= 11 is 0. The van der Waals surface area contributed by atoms with Crippen LogP contribution >= 0.6 is 0 Å². The SMILES string of the molecule is CC.CC.O=C(NCCOc1cccc2cnccc12)Nc1ccccc1.[HH].[HH]. The van der Waals surface area contributed by atoms with Crippen molar-refractivity contribution < 1.29 is 12.4 Å². The molecule has 0 saturated carbocycles. The molecule has 2 aromatic carbocycles. The summed E-state index contributed by atoms with van der Waals surface area (Å²) < 4.78 is 5.75. The molecule has 0 fully saturated rings. The Kier molecular flexibility index (Phi) is 10.7. The average Bonchev–Trinajstić information content (AvgIpc) is 2.75. The Morgan fingerprint density at radius 1 is 1.00 bits per heavy atom. The van der Waals surface area contributed by atoms with E-state index in [4.69, 9.17) is 4.74 Å². The molecule has 3 aromatic rings. The lowest BCUT2D eigenvalue weighted by Gasteiger charge is -2.10. The number of rotatable bonds is 5. The zero-order valence-corrected chi connectivity index (χ0v) is 16.5. The molecule has 0 spiro atoms. The summed E-state index contributed by atoms with van der Waals surface area (Å²) in [4.78, 5) is 15.8. The number of benzene rings is 2. The van der Waals surface area contributed by atoms with Crippen molar-refractivity contribution in [2.24, 2.45) is 0 Å². The number of anilines is 1. The molecule has 27 heavy (non-hydrogen) atoms. The monoisotopic (exact) mass is 371 g/mol. The molecule has 3 rings (SSSR count). The van der Waals surface area contributed by atoms with Gasteiger partial charge in [0.05, 0.1) is 6.54 Å². The van der Waals surface area contributed by atoms with Crippen LogP contribution in [-0.4, -0.2) is 24.2 Å². The molecule has 2 amide bonds. The Hall–Kier alpha value is -3.08. The van der Waals surface area contributed by atoms with E-state index in [1.165, 1.54) is 0 Å². The Morgan fingerprint density at radius 2 is 1.74 bits per heavy atom. The highest BCUT2D eigenvalue weighted by Crippen LogP contribution is 2.24. The number of amides is 2. The van der Waals surface area contributed by atoms with Crippen LogP contribution in [0.1, 0.15) is 30.5 Å². The third-order valence-electron chi connectivity index (χ3n) is 3.32. The van der Waals surface area contributed by atoms with E-state index in [0.717, 1.165) is 22.2 Å². The lowest BCUT2D eigenvalue weighted by atomic mass is 10.1. The molecule has 0 atom stereocenters. The first-order valence-corrected chi connectivity index (χ1v) is 9.38. The summed E-state index contributed by atoms with van der Waals surface area (Å²) in [5, 5.41) is 7.56. The fraction of sp³-hybridized carbons (Fsp3) is 0.273. The minimum absolute atomic E-state index is 0. The summed E-state index contributed by atoms with van der Waals surface area (Å²) in [5.74, 6) is 0.787. The molecule has 148 valence electrons. The molecule has 0 aliphatic carbocycles. The number of hydrogen-bond donors (Lipinski definition) is 2. The van der Waals surface area contributed by atoms with Gasteiger partial charge in [-0.25, -0.2) is 4.79 Å². The molecule has 5 heteroatoms. The smallest absolute Gasteiger partial charge is 0.319 e. The van der Waals surface area contributed by atoms with Crippen LogP contribution in [0.3, 0.4) is 0 Å². The van der Waals surface area contributed by atoms with Crippen LogP contribution in [0.2, 0.25) is 0 Å². The highest BCUT2D eigenvalue weighted by molar-refractivity contribution is 5.89. The molecule has 5 nitrogen and oxygen atoms in total. The Labute approximate surface area is 164 Å². The number of ether oxygens (including phenoxy) is 1. The van der Waals surface area contributed by atoms with Gasteiger partial charge in [0.1, 0.15) is 12.4 Å². The molecule has 2 N–H and O–H groups in total. The molecule has 0 aliphatic rings. The first-order valence-electron chi connectivity index (χ1n) is 9.38. The van der Waals surface area contributed by atoms with Crippen molar-refractivity contribution in [2.75, 3.05) is 18.5 Å². The maximum Gasteiger partial charge on any atom is 0.319 e. The van der Waals surface area contributed by atoms with Crippen LogP contribution in [0.5, 0.6) is 5.75 Å².